The third-order valence-corrected chi connectivity index (χ3v) is 4.15. The lowest BCUT2D eigenvalue weighted by molar-refractivity contribution is 0.411. The Morgan fingerprint density at radius 1 is 0.952 bits per heavy atom. The molecule has 1 N–H and O–H groups in total. The summed E-state index contributed by atoms with van der Waals surface area (Å²) < 4.78 is 2.17. The minimum atomic E-state index is 0.747. The first-order chi connectivity index (χ1) is 10.4. The molecule has 0 aliphatic carbocycles. The molecule has 0 amide bonds. The zero-order valence-corrected chi connectivity index (χ0v) is 14.2. The van der Waals surface area contributed by atoms with Crippen molar-refractivity contribution >= 4 is 0 Å². The lowest BCUT2D eigenvalue weighted by atomic mass is 10.0. The fourth-order valence-electron chi connectivity index (χ4n) is 2.77. The van der Waals surface area contributed by atoms with Crippen LogP contribution in [-0.4, -0.2) is 22.1 Å². The van der Waals surface area contributed by atoms with Gasteiger partial charge in [0.2, 0.25) is 0 Å². The number of imidazole rings is 1. The highest BCUT2D eigenvalue weighted by molar-refractivity contribution is 4.74. The van der Waals surface area contributed by atoms with Crippen LogP contribution in [0, 0.1) is 0 Å². The van der Waals surface area contributed by atoms with Crippen LogP contribution in [-0.2, 0) is 6.54 Å². The maximum absolute atomic E-state index is 4.08. The van der Waals surface area contributed by atoms with Crippen LogP contribution >= 0.6 is 0 Å². The zero-order valence-electron chi connectivity index (χ0n) is 14.2. The van der Waals surface area contributed by atoms with Crippen molar-refractivity contribution in [1.82, 2.24) is 14.9 Å². The van der Waals surface area contributed by atoms with Gasteiger partial charge in [0.25, 0.3) is 0 Å². The standard InChI is InChI=1S/C18H35N3/c1-3-5-7-11-18(12-8-6-4-2)20-13-9-10-15-21-16-14-19-17-21/h14,16-18,20H,3-13,15H2,1-2H3. The summed E-state index contributed by atoms with van der Waals surface area (Å²) in [5, 5.41) is 3.79. The normalized spacial score (nSPS) is 11.4. The van der Waals surface area contributed by atoms with Gasteiger partial charge in [-0.05, 0) is 32.2 Å². The zero-order chi connectivity index (χ0) is 15.2. The second-order valence-electron chi connectivity index (χ2n) is 6.15. The molecular weight excluding hydrogens is 258 g/mol. The van der Waals surface area contributed by atoms with Crippen molar-refractivity contribution < 1.29 is 0 Å². The van der Waals surface area contributed by atoms with Crippen molar-refractivity contribution in [1.29, 1.82) is 0 Å². The van der Waals surface area contributed by atoms with Crippen LogP contribution in [0.5, 0.6) is 0 Å². The monoisotopic (exact) mass is 293 g/mol. The topological polar surface area (TPSA) is 29.9 Å². The number of hydrogen-bond acceptors (Lipinski definition) is 2. The predicted molar refractivity (Wildman–Crippen MR) is 91.5 cm³/mol. The van der Waals surface area contributed by atoms with Gasteiger partial charge in [-0.2, -0.15) is 0 Å². The van der Waals surface area contributed by atoms with Gasteiger partial charge in [-0.25, -0.2) is 4.98 Å². The van der Waals surface area contributed by atoms with E-state index < -0.39 is 0 Å². The van der Waals surface area contributed by atoms with Crippen LogP contribution < -0.4 is 5.32 Å². The van der Waals surface area contributed by atoms with Crippen molar-refractivity contribution in [3.05, 3.63) is 18.7 Å². The molecule has 0 saturated carbocycles. The number of nitrogens with zero attached hydrogens (tertiary/aromatic N) is 2. The Morgan fingerprint density at radius 2 is 1.67 bits per heavy atom. The van der Waals surface area contributed by atoms with Crippen LogP contribution in [0.4, 0.5) is 0 Å². The molecule has 1 heterocycles. The van der Waals surface area contributed by atoms with Gasteiger partial charge >= 0.3 is 0 Å². The second-order valence-corrected chi connectivity index (χ2v) is 6.15. The molecular formula is C18H35N3. The molecule has 21 heavy (non-hydrogen) atoms. The minimum absolute atomic E-state index is 0.747. The summed E-state index contributed by atoms with van der Waals surface area (Å²) in [4.78, 5) is 4.08. The maximum atomic E-state index is 4.08. The predicted octanol–water partition coefficient (Wildman–Crippen LogP) is 4.78. The summed E-state index contributed by atoms with van der Waals surface area (Å²) in [6.07, 6.45) is 19.2. The van der Waals surface area contributed by atoms with Gasteiger partial charge in [-0.1, -0.05) is 52.4 Å². The van der Waals surface area contributed by atoms with Gasteiger partial charge in [0.15, 0.2) is 0 Å². The molecule has 0 radical (unpaired) electrons. The van der Waals surface area contributed by atoms with Gasteiger partial charge in [-0.3, -0.25) is 0 Å². The molecule has 0 atom stereocenters. The Bertz CT molecular complexity index is 298. The molecule has 0 unspecified atom stereocenters. The summed E-state index contributed by atoms with van der Waals surface area (Å²) >= 11 is 0. The van der Waals surface area contributed by atoms with Crippen LogP contribution in [0.1, 0.15) is 78.1 Å². The maximum Gasteiger partial charge on any atom is 0.0945 e. The summed E-state index contributed by atoms with van der Waals surface area (Å²) in [6.45, 7) is 6.83. The summed E-state index contributed by atoms with van der Waals surface area (Å²) in [5.41, 5.74) is 0. The lowest BCUT2D eigenvalue weighted by Crippen LogP contribution is -2.30. The largest absolute Gasteiger partial charge is 0.337 e. The van der Waals surface area contributed by atoms with Crippen molar-refractivity contribution in [3.63, 3.8) is 0 Å². The molecule has 0 saturated heterocycles. The van der Waals surface area contributed by atoms with Gasteiger partial charge in [0, 0.05) is 25.0 Å². The molecule has 0 aliphatic rings. The highest BCUT2D eigenvalue weighted by Gasteiger charge is 2.07. The first-order valence-electron chi connectivity index (χ1n) is 9.06. The van der Waals surface area contributed by atoms with Crippen molar-refractivity contribution in [2.24, 2.45) is 0 Å². The average molecular weight is 293 g/mol. The quantitative estimate of drug-likeness (QED) is 0.500. The molecule has 0 aromatic carbocycles. The van der Waals surface area contributed by atoms with Gasteiger partial charge in [0.1, 0.15) is 0 Å². The smallest absolute Gasteiger partial charge is 0.0945 e. The van der Waals surface area contributed by atoms with Crippen LogP contribution in [0.25, 0.3) is 0 Å². The first-order valence-corrected chi connectivity index (χ1v) is 9.06. The molecule has 0 spiro atoms. The Kier molecular flexibility index (Phi) is 11.2. The van der Waals surface area contributed by atoms with E-state index in [-0.39, 0.29) is 0 Å². The van der Waals surface area contributed by atoms with E-state index in [4.69, 9.17) is 0 Å². The van der Waals surface area contributed by atoms with Crippen LogP contribution in [0.15, 0.2) is 18.7 Å². The number of aromatic nitrogens is 2. The van der Waals surface area contributed by atoms with E-state index in [2.05, 4.69) is 28.7 Å². The van der Waals surface area contributed by atoms with Crippen molar-refractivity contribution in [2.75, 3.05) is 6.54 Å². The SMILES string of the molecule is CCCCCC(CCCCC)NCCCCn1ccnc1. The molecule has 1 aromatic rings. The first kappa shape index (κ1) is 18.2. The van der Waals surface area contributed by atoms with Crippen LogP contribution in [0.3, 0.4) is 0 Å². The second kappa shape index (κ2) is 12.9. The highest BCUT2D eigenvalue weighted by Crippen LogP contribution is 2.11. The van der Waals surface area contributed by atoms with Gasteiger partial charge in [0.05, 0.1) is 6.33 Å². The Balaban J connectivity index is 2.08. The van der Waals surface area contributed by atoms with E-state index >= 15 is 0 Å². The number of nitrogens with one attached hydrogen (secondary N) is 1. The summed E-state index contributed by atoms with van der Waals surface area (Å²) in [6, 6.07) is 0.747. The van der Waals surface area contributed by atoms with Gasteiger partial charge in [-0.15, -0.1) is 0 Å². The average Bonchev–Trinajstić information content (AvgIpc) is 3.00. The molecule has 0 aliphatic heterocycles. The molecule has 1 rings (SSSR count). The number of rotatable bonds is 14. The third-order valence-electron chi connectivity index (χ3n) is 4.15. The highest BCUT2D eigenvalue weighted by atomic mass is 15.0. The summed E-state index contributed by atoms with van der Waals surface area (Å²) in [7, 11) is 0. The lowest BCUT2D eigenvalue weighted by Gasteiger charge is -2.18. The Labute approximate surface area is 131 Å². The van der Waals surface area contributed by atoms with E-state index in [0.29, 0.717) is 0 Å². The molecule has 0 bridgehead atoms. The van der Waals surface area contributed by atoms with E-state index in [1.807, 2.05) is 18.7 Å². The number of unbranched alkanes of at least 4 members (excludes halogenated alkanes) is 5. The molecule has 122 valence electrons. The van der Waals surface area contributed by atoms with Crippen LogP contribution in [0.2, 0.25) is 0 Å². The fraction of sp³-hybridized carbons (Fsp3) is 0.833. The molecule has 3 heteroatoms. The van der Waals surface area contributed by atoms with E-state index in [1.165, 1.54) is 64.2 Å². The van der Waals surface area contributed by atoms with E-state index in [1.54, 1.807) is 0 Å². The number of hydrogen-bond donors (Lipinski definition) is 1. The fourth-order valence-corrected chi connectivity index (χ4v) is 2.77. The minimum Gasteiger partial charge on any atom is -0.337 e. The van der Waals surface area contributed by atoms with Crippen molar-refractivity contribution in [3.8, 4) is 0 Å². The van der Waals surface area contributed by atoms with Gasteiger partial charge < -0.3 is 9.88 Å². The molecule has 0 fully saturated rings. The van der Waals surface area contributed by atoms with E-state index in [0.717, 1.165) is 19.1 Å². The Morgan fingerprint density at radius 3 is 2.24 bits per heavy atom. The van der Waals surface area contributed by atoms with Crippen molar-refractivity contribution in [2.45, 2.75) is 90.6 Å². The number of aryl methyl sites for hydroxylation is 1. The molecule has 1 aromatic heterocycles. The molecule has 3 nitrogen and oxygen atoms in total. The summed E-state index contributed by atoms with van der Waals surface area (Å²) in [5.74, 6) is 0. The Hall–Kier alpha value is -0.830. The third kappa shape index (κ3) is 9.67. The van der Waals surface area contributed by atoms with E-state index in [9.17, 15) is 0 Å².